The molecular formula is C15H22ClNO2. The summed E-state index contributed by atoms with van der Waals surface area (Å²) in [7, 11) is 4.13. The number of aliphatic hydroxyl groups excluding tert-OH is 1. The average molecular weight is 284 g/mol. The van der Waals surface area contributed by atoms with Crippen molar-refractivity contribution in [2.45, 2.75) is 36.8 Å². The lowest BCUT2D eigenvalue weighted by Gasteiger charge is -2.48. The van der Waals surface area contributed by atoms with Crippen LogP contribution < -0.4 is 0 Å². The molecule has 2 N–H and O–H groups in total. The molecule has 1 aliphatic rings. The molecule has 1 saturated carbocycles. The third-order valence-corrected chi connectivity index (χ3v) is 4.79. The molecule has 1 fully saturated rings. The molecule has 1 aromatic rings. The van der Waals surface area contributed by atoms with Gasteiger partial charge < -0.3 is 10.2 Å². The molecule has 0 saturated heterocycles. The molecule has 19 heavy (non-hydrogen) atoms. The first-order chi connectivity index (χ1) is 8.92. The monoisotopic (exact) mass is 283 g/mol. The second kappa shape index (κ2) is 5.41. The maximum Gasteiger partial charge on any atom is 0.0879 e. The Morgan fingerprint density at radius 2 is 1.63 bits per heavy atom. The van der Waals surface area contributed by atoms with Crippen LogP contribution in [0.3, 0.4) is 0 Å². The van der Waals surface area contributed by atoms with Crippen molar-refractivity contribution in [1.82, 2.24) is 4.90 Å². The molecule has 0 bridgehead atoms. The molecule has 2 rings (SSSR count). The highest BCUT2D eigenvalue weighted by Gasteiger charge is 2.43. The van der Waals surface area contributed by atoms with Gasteiger partial charge in [0.1, 0.15) is 0 Å². The highest BCUT2D eigenvalue weighted by Crippen LogP contribution is 2.44. The lowest BCUT2D eigenvalue weighted by atomic mass is 9.70. The summed E-state index contributed by atoms with van der Waals surface area (Å²) in [5.74, 6) is 0. The molecule has 0 radical (unpaired) electrons. The van der Waals surface area contributed by atoms with Gasteiger partial charge >= 0.3 is 0 Å². The summed E-state index contributed by atoms with van der Waals surface area (Å²) >= 11 is 5.96. The first kappa shape index (κ1) is 14.8. The zero-order valence-electron chi connectivity index (χ0n) is 11.6. The molecular weight excluding hydrogens is 262 g/mol. The van der Waals surface area contributed by atoms with Crippen LogP contribution in [0.2, 0.25) is 5.02 Å². The predicted molar refractivity (Wildman–Crippen MR) is 77.3 cm³/mol. The molecule has 0 spiro atoms. The zero-order chi connectivity index (χ0) is 14.1. The molecule has 0 amide bonds. The Morgan fingerprint density at radius 1 is 1.11 bits per heavy atom. The fraction of sp³-hybridized carbons (Fsp3) is 0.600. The van der Waals surface area contributed by atoms with Gasteiger partial charge in [0, 0.05) is 10.6 Å². The van der Waals surface area contributed by atoms with Gasteiger partial charge in [0.2, 0.25) is 0 Å². The molecule has 0 unspecified atom stereocenters. The Balaban J connectivity index is 2.28. The van der Waals surface area contributed by atoms with E-state index < -0.39 is 5.60 Å². The zero-order valence-corrected chi connectivity index (χ0v) is 12.3. The third kappa shape index (κ3) is 2.79. The summed E-state index contributed by atoms with van der Waals surface area (Å²) in [5, 5.41) is 20.2. The normalized spacial score (nSPS) is 31.7. The maximum absolute atomic E-state index is 10.2. The Bertz CT molecular complexity index is 422. The van der Waals surface area contributed by atoms with E-state index in [-0.39, 0.29) is 12.1 Å². The van der Waals surface area contributed by atoms with Gasteiger partial charge in [0.25, 0.3) is 0 Å². The summed E-state index contributed by atoms with van der Waals surface area (Å²) in [6.07, 6.45) is 2.89. The Kier molecular flexibility index (Phi) is 4.21. The summed E-state index contributed by atoms with van der Waals surface area (Å²) in [6.45, 7) is -0.156. The van der Waals surface area contributed by atoms with E-state index in [0.29, 0.717) is 12.8 Å². The summed E-state index contributed by atoms with van der Waals surface area (Å²) in [6, 6.07) is 7.95. The van der Waals surface area contributed by atoms with E-state index in [1.165, 1.54) is 5.56 Å². The van der Waals surface area contributed by atoms with Crippen LogP contribution in [0.15, 0.2) is 24.3 Å². The van der Waals surface area contributed by atoms with Crippen LogP contribution in [0.5, 0.6) is 0 Å². The highest BCUT2D eigenvalue weighted by atomic mass is 35.5. The Morgan fingerprint density at radius 3 is 2.05 bits per heavy atom. The highest BCUT2D eigenvalue weighted by molar-refractivity contribution is 6.30. The number of aliphatic hydroxyl groups is 2. The average Bonchev–Trinajstić information content (AvgIpc) is 2.41. The Labute approximate surface area is 119 Å². The van der Waals surface area contributed by atoms with Gasteiger partial charge in [-0.2, -0.15) is 0 Å². The molecule has 0 atom stereocenters. The topological polar surface area (TPSA) is 43.7 Å². The largest absolute Gasteiger partial charge is 0.393 e. The first-order valence-electron chi connectivity index (χ1n) is 6.69. The number of halogens is 1. The molecule has 0 heterocycles. The minimum atomic E-state index is -0.911. The first-order valence-corrected chi connectivity index (χ1v) is 7.06. The number of hydrogen-bond donors (Lipinski definition) is 2. The SMILES string of the molecule is CN(C)C1(c2ccc(Cl)cc2)CCC(O)(CO)CC1. The van der Waals surface area contributed by atoms with Crippen molar-refractivity contribution < 1.29 is 10.2 Å². The van der Waals surface area contributed by atoms with E-state index in [9.17, 15) is 10.2 Å². The van der Waals surface area contributed by atoms with Crippen LogP contribution >= 0.6 is 11.6 Å². The van der Waals surface area contributed by atoms with E-state index in [2.05, 4.69) is 31.1 Å². The molecule has 3 nitrogen and oxygen atoms in total. The smallest absolute Gasteiger partial charge is 0.0879 e. The van der Waals surface area contributed by atoms with Gasteiger partial charge in [0.15, 0.2) is 0 Å². The number of rotatable bonds is 3. The van der Waals surface area contributed by atoms with Crippen molar-refractivity contribution in [3.05, 3.63) is 34.9 Å². The molecule has 4 heteroatoms. The van der Waals surface area contributed by atoms with Crippen molar-refractivity contribution in [1.29, 1.82) is 0 Å². The molecule has 1 aromatic carbocycles. The lowest BCUT2D eigenvalue weighted by molar-refractivity contribution is -0.0769. The van der Waals surface area contributed by atoms with E-state index in [1.54, 1.807) is 0 Å². The summed E-state index contributed by atoms with van der Waals surface area (Å²) in [5.41, 5.74) is 0.236. The molecule has 1 aliphatic carbocycles. The Hall–Kier alpha value is -0.610. The second-order valence-corrected chi connectivity index (χ2v) is 6.25. The van der Waals surface area contributed by atoms with Gasteiger partial charge in [-0.05, 0) is 57.5 Å². The van der Waals surface area contributed by atoms with Gasteiger partial charge in [-0.3, -0.25) is 4.90 Å². The number of benzene rings is 1. The van der Waals surface area contributed by atoms with E-state index in [4.69, 9.17) is 11.6 Å². The van der Waals surface area contributed by atoms with Crippen molar-refractivity contribution in [3.63, 3.8) is 0 Å². The van der Waals surface area contributed by atoms with Crippen molar-refractivity contribution in [3.8, 4) is 0 Å². The summed E-state index contributed by atoms with van der Waals surface area (Å²) < 4.78 is 0. The quantitative estimate of drug-likeness (QED) is 0.895. The van der Waals surface area contributed by atoms with Crippen LogP contribution in [0.1, 0.15) is 31.2 Å². The van der Waals surface area contributed by atoms with Gasteiger partial charge in [-0.15, -0.1) is 0 Å². The fourth-order valence-electron chi connectivity index (χ4n) is 3.04. The minimum absolute atomic E-state index is 0.0774. The standard InChI is InChI=1S/C15H22ClNO2/c1-17(2)15(12-3-5-13(16)6-4-12)9-7-14(19,11-18)8-10-15/h3-6,18-19H,7-11H2,1-2H3. The van der Waals surface area contributed by atoms with Crippen LogP contribution in [0, 0.1) is 0 Å². The van der Waals surface area contributed by atoms with Gasteiger partial charge in [-0.1, -0.05) is 23.7 Å². The maximum atomic E-state index is 10.2. The number of hydrogen-bond acceptors (Lipinski definition) is 3. The fourth-order valence-corrected chi connectivity index (χ4v) is 3.17. The predicted octanol–water partition coefficient (Wildman–Crippen LogP) is 2.39. The second-order valence-electron chi connectivity index (χ2n) is 5.82. The molecule has 0 aliphatic heterocycles. The summed E-state index contributed by atoms with van der Waals surface area (Å²) in [4.78, 5) is 2.22. The van der Waals surface area contributed by atoms with E-state index in [1.807, 2.05) is 12.1 Å². The van der Waals surface area contributed by atoms with Crippen LogP contribution in [0.25, 0.3) is 0 Å². The van der Waals surface area contributed by atoms with Crippen molar-refractivity contribution in [2.24, 2.45) is 0 Å². The lowest BCUT2D eigenvalue weighted by Crippen LogP contribution is -2.50. The van der Waals surface area contributed by atoms with Crippen molar-refractivity contribution >= 4 is 11.6 Å². The van der Waals surface area contributed by atoms with Crippen LogP contribution in [0.4, 0.5) is 0 Å². The number of nitrogens with zero attached hydrogens (tertiary/aromatic N) is 1. The van der Waals surface area contributed by atoms with Crippen LogP contribution in [-0.2, 0) is 5.54 Å². The molecule has 0 aromatic heterocycles. The minimum Gasteiger partial charge on any atom is -0.393 e. The van der Waals surface area contributed by atoms with E-state index >= 15 is 0 Å². The van der Waals surface area contributed by atoms with Crippen LogP contribution in [-0.4, -0.2) is 41.4 Å². The van der Waals surface area contributed by atoms with Crippen molar-refractivity contribution in [2.75, 3.05) is 20.7 Å². The van der Waals surface area contributed by atoms with E-state index in [0.717, 1.165) is 17.9 Å². The van der Waals surface area contributed by atoms with Gasteiger partial charge in [0.05, 0.1) is 12.2 Å². The van der Waals surface area contributed by atoms with Gasteiger partial charge in [-0.25, -0.2) is 0 Å². The molecule has 106 valence electrons. The third-order valence-electron chi connectivity index (χ3n) is 4.54.